The average molecular weight is 262 g/mol. The van der Waals surface area contributed by atoms with E-state index in [2.05, 4.69) is 0 Å². The van der Waals surface area contributed by atoms with Crippen LogP contribution in [0.4, 0.5) is 5.69 Å². The molecule has 18 heavy (non-hydrogen) atoms. The Bertz CT molecular complexity index is 587. The normalized spacial score (nSPS) is 10.2. The molecule has 0 saturated heterocycles. The summed E-state index contributed by atoms with van der Waals surface area (Å²) in [5.74, 6) is 0.651. The molecule has 0 bridgehead atoms. The number of aromatic nitrogens is 1. The van der Waals surface area contributed by atoms with Gasteiger partial charge in [0.05, 0.1) is 10.8 Å². The molecular formula is C12H10N2O3S. The summed E-state index contributed by atoms with van der Waals surface area (Å²) in [6, 6.07) is 9.38. The minimum atomic E-state index is -0.420. The van der Waals surface area contributed by atoms with Crippen molar-refractivity contribution >= 4 is 17.4 Å². The molecule has 1 aromatic carbocycles. The van der Waals surface area contributed by atoms with Crippen molar-refractivity contribution in [2.75, 3.05) is 0 Å². The van der Waals surface area contributed by atoms with Crippen LogP contribution in [0.5, 0.6) is 0 Å². The third-order valence-corrected chi connectivity index (χ3v) is 3.32. The van der Waals surface area contributed by atoms with Crippen LogP contribution in [0.25, 0.3) is 0 Å². The number of hydrogen-bond acceptors (Lipinski definition) is 4. The predicted molar refractivity (Wildman–Crippen MR) is 69.7 cm³/mol. The molecule has 0 radical (unpaired) electrons. The monoisotopic (exact) mass is 262 g/mol. The lowest BCUT2D eigenvalue weighted by molar-refractivity contribution is -0.384. The van der Waals surface area contributed by atoms with Gasteiger partial charge in [-0.3, -0.25) is 14.9 Å². The van der Waals surface area contributed by atoms with Gasteiger partial charge in [0.25, 0.3) is 5.69 Å². The molecule has 1 aromatic heterocycles. The zero-order chi connectivity index (χ0) is 13.0. The van der Waals surface area contributed by atoms with Crippen molar-refractivity contribution in [1.82, 2.24) is 4.57 Å². The van der Waals surface area contributed by atoms with Gasteiger partial charge in [-0.1, -0.05) is 0 Å². The van der Waals surface area contributed by atoms with Crippen LogP contribution >= 0.6 is 11.8 Å². The van der Waals surface area contributed by atoms with Gasteiger partial charge in [-0.25, -0.2) is 0 Å². The molecule has 2 rings (SSSR count). The third-order valence-electron chi connectivity index (χ3n) is 2.29. The first-order chi connectivity index (χ1) is 8.65. The Hall–Kier alpha value is -2.08. The molecule has 0 spiro atoms. The Labute approximate surface area is 107 Å². The highest BCUT2D eigenvalue weighted by molar-refractivity contribution is 7.98. The van der Waals surface area contributed by atoms with Gasteiger partial charge < -0.3 is 4.57 Å². The predicted octanol–water partition coefficient (Wildman–Crippen LogP) is 2.51. The number of nitrogens with zero attached hydrogens (tertiary/aromatic N) is 2. The van der Waals surface area contributed by atoms with Gasteiger partial charge in [0.2, 0.25) is 0 Å². The Morgan fingerprint density at radius 1 is 1.11 bits per heavy atom. The number of rotatable bonds is 4. The number of nitro groups is 1. The quantitative estimate of drug-likeness (QED) is 0.482. The molecule has 0 amide bonds. The summed E-state index contributed by atoms with van der Waals surface area (Å²) < 4.78 is 1.87. The maximum Gasteiger partial charge on any atom is 0.269 e. The fraction of sp³-hybridized carbons (Fsp3) is 0.0833. The highest BCUT2D eigenvalue weighted by Crippen LogP contribution is 2.22. The third kappa shape index (κ3) is 3.21. The van der Waals surface area contributed by atoms with Crippen LogP contribution in [0.3, 0.4) is 0 Å². The van der Waals surface area contributed by atoms with Crippen molar-refractivity contribution in [1.29, 1.82) is 0 Å². The smallest absolute Gasteiger partial charge is 0.269 e. The first-order valence-electron chi connectivity index (χ1n) is 5.18. The largest absolute Gasteiger partial charge is 0.344 e. The fourth-order valence-corrected chi connectivity index (χ4v) is 2.14. The van der Waals surface area contributed by atoms with Crippen LogP contribution in [0.15, 0.2) is 58.5 Å². The highest BCUT2D eigenvalue weighted by Gasteiger charge is 2.03. The lowest BCUT2D eigenvalue weighted by Crippen LogP contribution is -2.01. The van der Waals surface area contributed by atoms with Gasteiger partial charge in [0, 0.05) is 41.6 Å². The van der Waals surface area contributed by atoms with Crippen molar-refractivity contribution in [2.45, 2.75) is 10.8 Å². The molecule has 0 aliphatic rings. The summed E-state index contributed by atoms with van der Waals surface area (Å²) >= 11 is 1.54. The second kappa shape index (κ2) is 5.50. The van der Waals surface area contributed by atoms with Gasteiger partial charge >= 0.3 is 0 Å². The van der Waals surface area contributed by atoms with E-state index in [-0.39, 0.29) is 11.1 Å². The van der Waals surface area contributed by atoms with Crippen molar-refractivity contribution in [2.24, 2.45) is 0 Å². The topological polar surface area (TPSA) is 65.1 Å². The summed E-state index contributed by atoms with van der Waals surface area (Å²) in [6.45, 7) is 0. The summed E-state index contributed by atoms with van der Waals surface area (Å²) in [6.07, 6.45) is 3.42. The molecule has 0 aliphatic heterocycles. The fourth-order valence-electron chi connectivity index (χ4n) is 1.34. The van der Waals surface area contributed by atoms with Crippen LogP contribution < -0.4 is 5.43 Å². The summed E-state index contributed by atoms with van der Waals surface area (Å²) in [4.78, 5) is 21.9. The lowest BCUT2D eigenvalue weighted by atomic mass is 10.3. The summed E-state index contributed by atoms with van der Waals surface area (Å²) in [5.41, 5.74) is 0.0642. The van der Waals surface area contributed by atoms with E-state index < -0.39 is 4.92 Å². The number of hydrogen-bond donors (Lipinski definition) is 0. The van der Waals surface area contributed by atoms with Crippen LogP contribution in [0, 0.1) is 10.1 Å². The zero-order valence-electron chi connectivity index (χ0n) is 9.35. The number of benzene rings is 1. The molecular weight excluding hydrogens is 252 g/mol. The first kappa shape index (κ1) is 12.4. The molecule has 0 unspecified atom stereocenters. The maximum atomic E-state index is 10.9. The van der Waals surface area contributed by atoms with Crippen molar-refractivity contribution in [3.63, 3.8) is 0 Å². The van der Waals surface area contributed by atoms with E-state index in [1.165, 1.54) is 36.0 Å². The van der Waals surface area contributed by atoms with E-state index in [0.29, 0.717) is 5.88 Å². The van der Waals surface area contributed by atoms with Gasteiger partial charge in [0.1, 0.15) is 0 Å². The molecule has 92 valence electrons. The van der Waals surface area contributed by atoms with Crippen LogP contribution in [-0.2, 0) is 5.88 Å². The van der Waals surface area contributed by atoms with Gasteiger partial charge in [-0.2, -0.15) is 0 Å². The molecule has 0 saturated carbocycles. The van der Waals surface area contributed by atoms with Gasteiger partial charge in [-0.15, -0.1) is 11.8 Å². The SMILES string of the molecule is O=c1ccn(CSc2ccc([N+](=O)[O-])cc2)cc1. The van der Waals surface area contributed by atoms with Crippen LogP contribution in [0.1, 0.15) is 0 Å². The van der Waals surface area contributed by atoms with Gasteiger partial charge in [-0.05, 0) is 12.1 Å². The molecule has 2 aromatic rings. The van der Waals surface area contributed by atoms with Crippen LogP contribution in [-0.4, -0.2) is 9.49 Å². The molecule has 0 fully saturated rings. The molecule has 6 heteroatoms. The Balaban J connectivity index is 2.00. The summed E-state index contributed by atoms with van der Waals surface area (Å²) in [7, 11) is 0. The van der Waals surface area contributed by atoms with E-state index in [4.69, 9.17) is 0 Å². The Morgan fingerprint density at radius 3 is 2.28 bits per heavy atom. The number of nitro benzene ring substituents is 1. The van der Waals surface area contributed by atoms with Crippen LogP contribution in [0.2, 0.25) is 0 Å². The van der Waals surface area contributed by atoms with E-state index in [1.807, 2.05) is 4.57 Å². The zero-order valence-corrected chi connectivity index (χ0v) is 10.2. The second-order valence-corrected chi connectivity index (χ2v) is 4.59. The Kier molecular flexibility index (Phi) is 3.78. The number of thioether (sulfide) groups is 1. The molecule has 0 atom stereocenters. The van der Waals surface area contributed by atoms with Crippen molar-refractivity contribution < 1.29 is 4.92 Å². The Morgan fingerprint density at radius 2 is 1.72 bits per heavy atom. The number of pyridine rings is 1. The van der Waals surface area contributed by atoms with Gasteiger partial charge in [0.15, 0.2) is 5.43 Å². The average Bonchev–Trinajstić information content (AvgIpc) is 2.38. The van der Waals surface area contributed by atoms with Crippen molar-refractivity contribution in [3.8, 4) is 0 Å². The number of non-ortho nitro benzene ring substituents is 1. The molecule has 1 heterocycles. The maximum absolute atomic E-state index is 10.9. The van der Waals surface area contributed by atoms with E-state index in [9.17, 15) is 14.9 Å². The van der Waals surface area contributed by atoms with E-state index in [0.717, 1.165) is 4.90 Å². The molecule has 0 N–H and O–H groups in total. The second-order valence-electron chi connectivity index (χ2n) is 3.57. The summed E-state index contributed by atoms with van der Waals surface area (Å²) in [5, 5.41) is 10.5. The highest BCUT2D eigenvalue weighted by atomic mass is 32.2. The van der Waals surface area contributed by atoms with E-state index in [1.54, 1.807) is 24.5 Å². The molecule has 5 nitrogen and oxygen atoms in total. The molecule has 0 aliphatic carbocycles. The standard InChI is InChI=1S/C12H10N2O3S/c15-11-5-7-13(8-6-11)9-18-12-3-1-10(2-4-12)14(16)17/h1-8H,9H2. The minimum absolute atomic E-state index is 0.0217. The minimum Gasteiger partial charge on any atom is -0.344 e. The van der Waals surface area contributed by atoms with E-state index >= 15 is 0 Å². The lowest BCUT2D eigenvalue weighted by Gasteiger charge is -2.05. The van der Waals surface area contributed by atoms with Crippen molar-refractivity contribution in [3.05, 3.63) is 69.1 Å². The first-order valence-corrected chi connectivity index (χ1v) is 6.17.